The van der Waals surface area contributed by atoms with Gasteiger partial charge in [-0.05, 0) is 31.5 Å². The minimum atomic E-state index is 0.0174. The summed E-state index contributed by atoms with van der Waals surface area (Å²) in [5, 5.41) is 11.9. The molecular formula is C13H20N2O2. The monoisotopic (exact) mass is 236 g/mol. The number of aliphatic hydroxyl groups excluding tert-OH is 1. The predicted molar refractivity (Wildman–Crippen MR) is 68.9 cm³/mol. The standard InChI is InChI=1S/C13H20N2O2/c1-3-14-13(17)9-15(4-2)12-7-5-6-11(8-12)10-16/h5-8,16H,3-4,9-10H2,1-2H3,(H,14,17). The summed E-state index contributed by atoms with van der Waals surface area (Å²) in [5.74, 6) is 0.0174. The number of rotatable bonds is 6. The molecule has 1 amide bonds. The highest BCUT2D eigenvalue weighted by atomic mass is 16.3. The molecule has 0 aromatic heterocycles. The summed E-state index contributed by atoms with van der Waals surface area (Å²) in [6, 6.07) is 7.61. The van der Waals surface area contributed by atoms with E-state index < -0.39 is 0 Å². The molecule has 0 aliphatic heterocycles. The van der Waals surface area contributed by atoms with Gasteiger partial charge in [0.15, 0.2) is 0 Å². The van der Waals surface area contributed by atoms with Crippen LogP contribution >= 0.6 is 0 Å². The van der Waals surface area contributed by atoms with Crippen LogP contribution < -0.4 is 10.2 Å². The van der Waals surface area contributed by atoms with Crippen LogP contribution in [0.5, 0.6) is 0 Å². The van der Waals surface area contributed by atoms with Crippen molar-refractivity contribution in [2.75, 3.05) is 24.5 Å². The topological polar surface area (TPSA) is 52.6 Å². The molecule has 0 aliphatic carbocycles. The van der Waals surface area contributed by atoms with E-state index in [0.29, 0.717) is 13.1 Å². The first kappa shape index (κ1) is 13.5. The summed E-state index contributed by atoms with van der Waals surface area (Å²) in [6.07, 6.45) is 0. The molecule has 1 aromatic carbocycles. The van der Waals surface area contributed by atoms with Gasteiger partial charge in [0.1, 0.15) is 0 Å². The number of carbonyl (C=O) groups is 1. The smallest absolute Gasteiger partial charge is 0.239 e. The van der Waals surface area contributed by atoms with E-state index in [1.54, 1.807) is 0 Å². The molecule has 0 unspecified atom stereocenters. The summed E-state index contributed by atoms with van der Waals surface area (Å²) >= 11 is 0. The lowest BCUT2D eigenvalue weighted by molar-refractivity contribution is -0.119. The fourth-order valence-electron chi connectivity index (χ4n) is 1.66. The number of nitrogens with one attached hydrogen (secondary N) is 1. The Balaban J connectivity index is 2.74. The van der Waals surface area contributed by atoms with Crippen molar-refractivity contribution in [3.05, 3.63) is 29.8 Å². The molecule has 0 heterocycles. The van der Waals surface area contributed by atoms with E-state index in [0.717, 1.165) is 17.8 Å². The van der Waals surface area contributed by atoms with E-state index in [1.807, 2.05) is 43.0 Å². The molecule has 94 valence electrons. The minimum absolute atomic E-state index is 0.0174. The van der Waals surface area contributed by atoms with Crippen LogP contribution in [-0.4, -0.2) is 30.6 Å². The van der Waals surface area contributed by atoms with Crippen molar-refractivity contribution >= 4 is 11.6 Å². The molecule has 2 N–H and O–H groups in total. The maximum absolute atomic E-state index is 11.5. The summed E-state index contributed by atoms with van der Waals surface area (Å²) in [5.41, 5.74) is 1.82. The lowest BCUT2D eigenvalue weighted by atomic mass is 10.2. The zero-order valence-corrected chi connectivity index (χ0v) is 10.4. The number of likely N-dealkylation sites (N-methyl/N-ethyl adjacent to an activating group) is 2. The molecule has 0 spiro atoms. The third-order valence-electron chi connectivity index (χ3n) is 2.55. The van der Waals surface area contributed by atoms with Gasteiger partial charge in [0.05, 0.1) is 13.2 Å². The van der Waals surface area contributed by atoms with Crippen LogP contribution in [0.25, 0.3) is 0 Å². The van der Waals surface area contributed by atoms with E-state index in [1.165, 1.54) is 0 Å². The van der Waals surface area contributed by atoms with Gasteiger partial charge >= 0.3 is 0 Å². The van der Waals surface area contributed by atoms with E-state index >= 15 is 0 Å². The molecule has 0 saturated heterocycles. The minimum Gasteiger partial charge on any atom is -0.392 e. The molecule has 0 atom stereocenters. The van der Waals surface area contributed by atoms with Gasteiger partial charge in [0.2, 0.25) is 5.91 Å². The van der Waals surface area contributed by atoms with Gasteiger partial charge in [-0.15, -0.1) is 0 Å². The largest absolute Gasteiger partial charge is 0.392 e. The first-order valence-electron chi connectivity index (χ1n) is 5.92. The van der Waals surface area contributed by atoms with E-state index in [2.05, 4.69) is 5.32 Å². The Hall–Kier alpha value is -1.55. The SMILES string of the molecule is CCNC(=O)CN(CC)c1cccc(CO)c1. The molecule has 17 heavy (non-hydrogen) atoms. The first-order chi connectivity index (χ1) is 8.21. The summed E-state index contributed by atoms with van der Waals surface area (Å²) < 4.78 is 0. The number of carbonyl (C=O) groups excluding carboxylic acids is 1. The van der Waals surface area contributed by atoms with Crippen molar-refractivity contribution in [1.29, 1.82) is 0 Å². The van der Waals surface area contributed by atoms with Crippen LogP contribution in [0, 0.1) is 0 Å². The Bertz CT molecular complexity index is 366. The van der Waals surface area contributed by atoms with Gasteiger partial charge in [-0.2, -0.15) is 0 Å². The van der Waals surface area contributed by atoms with Crippen LogP contribution in [0.4, 0.5) is 5.69 Å². The average molecular weight is 236 g/mol. The zero-order chi connectivity index (χ0) is 12.7. The predicted octanol–water partition coefficient (Wildman–Crippen LogP) is 1.14. The number of hydrogen-bond acceptors (Lipinski definition) is 3. The molecule has 4 nitrogen and oxygen atoms in total. The number of hydrogen-bond donors (Lipinski definition) is 2. The van der Waals surface area contributed by atoms with E-state index in [-0.39, 0.29) is 12.5 Å². The number of benzene rings is 1. The summed E-state index contributed by atoms with van der Waals surface area (Å²) in [6.45, 7) is 5.68. The van der Waals surface area contributed by atoms with Crippen molar-refractivity contribution in [2.45, 2.75) is 20.5 Å². The summed E-state index contributed by atoms with van der Waals surface area (Å²) in [4.78, 5) is 13.5. The second-order valence-electron chi connectivity index (χ2n) is 3.80. The maximum Gasteiger partial charge on any atom is 0.239 e. The molecule has 0 aliphatic rings. The molecule has 0 bridgehead atoms. The van der Waals surface area contributed by atoms with E-state index in [4.69, 9.17) is 5.11 Å². The second-order valence-corrected chi connectivity index (χ2v) is 3.80. The molecule has 1 aromatic rings. The number of aliphatic hydroxyl groups is 1. The third kappa shape index (κ3) is 4.07. The van der Waals surface area contributed by atoms with Crippen molar-refractivity contribution in [1.82, 2.24) is 5.32 Å². The van der Waals surface area contributed by atoms with Crippen molar-refractivity contribution in [3.8, 4) is 0 Å². The van der Waals surface area contributed by atoms with Crippen LogP contribution in [0.1, 0.15) is 19.4 Å². The highest BCUT2D eigenvalue weighted by Crippen LogP contribution is 2.15. The molecule has 4 heteroatoms. The van der Waals surface area contributed by atoms with Crippen LogP contribution in [0.2, 0.25) is 0 Å². The van der Waals surface area contributed by atoms with Gasteiger partial charge in [0, 0.05) is 18.8 Å². The van der Waals surface area contributed by atoms with Gasteiger partial charge in [-0.3, -0.25) is 4.79 Å². The first-order valence-corrected chi connectivity index (χ1v) is 5.92. The fourth-order valence-corrected chi connectivity index (χ4v) is 1.66. The molecule has 1 rings (SSSR count). The average Bonchev–Trinajstić information content (AvgIpc) is 2.36. The third-order valence-corrected chi connectivity index (χ3v) is 2.55. The normalized spacial score (nSPS) is 10.1. The lowest BCUT2D eigenvalue weighted by Crippen LogP contribution is -2.37. The number of nitrogens with zero attached hydrogens (tertiary/aromatic N) is 1. The van der Waals surface area contributed by atoms with Crippen LogP contribution in [0.3, 0.4) is 0 Å². The Morgan fingerprint density at radius 3 is 2.76 bits per heavy atom. The Morgan fingerprint density at radius 2 is 2.18 bits per heavy atom. The van der Waals surface area contributed by atoms with Gasteiger partial charge in [0.25, 0.3) is 0 Å². The van der Waals surface area contributed by atoms with Gasteiger partial charge in [-0.1, -0.05) is 12.1 Å². The Labute approximate surface area is 102 Å². The molecule has 0 radical (unpaired) electrons. The van der Waals surface area contributed by atoms with Crippen LogP contribution in [0.15, 0.2) is 24.3 Å². The highest BCUT2D eigenvalue weighted by Gasteiger charge is 2.09. The van der Waals surface area contributed by atoms with Crippen LogP contribution in [-0.2, 0) is 11.4 Å². The van der Waals surface area contributed by atoms with Crippen molar-refractivity contribution in [3.63, 3.8) is 0 Å². The Kier molecular flexibility index (Phi) is 5.49. The Morgan fingerprint density at radius 1 is 1.41 bits per heavy atom. The van der Waals surface area contributed by atoms with Crippen molar-refractivity contribution in [2.24, 2.45) is 0 Å². The van der Waals surface area contributed by atoms with Gasteiger partial charge < -0.3 is 15.3 Å². The molecule has 0 fully saturated rings. The second kappa shape index (κ2) is 6.91. The quantitative estimate of drug-likeness (QED) is 0.779. The summed E-state index contributed by atoms with van der Waals surface area (Å²) in [7, 11) is 0. The fraction of sp³-hybridized carbons (Fsp3) is 0.462. The van der Waals surface area contributed by atoms with E-state index in [9.17, 15) is 4.79 Å². The molecular weight excluding hydrogens is 216 g/mol. The number of amides is 1. The van der Waals surface area contributed by atoms with Gasteiger partial charge in [-0.25, -0.2) is 0 Å². The molecule has 0 saturated carbocycles. The number of anilines is 1. The van der Waals surface area contributed by atoms with Crippen molar-refractivity contribution < 1.29 is 9.90 Å². The highest BCUT2D eigenvalue weighted by molar-refractivity contribution is 5.81. The zero-order valence-electron chi connectivity index (χ0n) is 10.4. The maximum atomic E-state index is 11.5. The lowest BCUT2D eigenvalue weighted by Gasteiger charge is -2.22.